The smallest absolute Gasteiger partial charge is 0.416 e. The number of carbonyl (C=O) groups is 1. The zero-order chi connectivity index (χ0) is 21.9. The summed E-state index contributed by atoms with van der Waals surface area (Å²) in [6.45, 7) is 8.00. The number of amides is 1. The van der Waals surface area contributed by atoms with E-state index < -0.39 is 27.4 Å². The third-order valence-corrected chi connectivity index (χ3v) is 5.71. The van der Waals surface area contributed by atoms with E-state index in [1.54, 1.807) is 25.7 Å². The normalized spacial score (nSPS) is 16.7. The van der Waals surface area contributed by atoms with Gasteiger partial charge >= 0.3 is 12.3 Å². The topological polar surface area (TPSA) is 79.0 Å². The first-order valence-corrected chi connectivity index (χ1v) is 10.6. The highest BCUT2D eigenvalue weighted by atomic mass is 32.2. The van der Waals surface area contributed by atoms with Crippen LogP contribution in [0.4, 0.5) is 18.0 Å². The Balaban J connectivity index is 1.79. The fourth-order valence-electron chi connectivity index (χ4n) is 2.73. The first-order chi connectivity index (χ1) is 13.3. The van der Waals surface area contributed by atoms with Crippen molar-refractivity contribution >= 4 is 16.1 Å². The molecule has 29 heavy (non-hydrogen) atoms. The molecule has 7 nitrogen and oxygen atoms in total. The Morgan fingerprint density at radius 3 is 2.10 bits per heavy atom. The van der Waals surface area contributed by atoms with Gasteiger partial charge in [-0.15, -0.1) is 0 Å². The average Bonchev–Trinajstić information content (AvgIpc) is 2.60. The van der Waals surface area contributed by atoms with E-state index in [1.165, 1.54) is 0 Å². The summed E-state index contributed by atoms with van der Waals surface area (Å²) in [5.41, 5.74) is -1.47. The number of benzene rings is 1. The molecule has 1 saturated heterocycles. The maximum Gasteiger partial charge on any atom is 0.416 e. The SMILES string of the molecule is CC(C)(C)OC(=O)N1CCN(CCNS(=O)(=O)c2ccc(C(F)(F)F)cc2)CC1. The van der Waals surface area contributed by atoms with Gasteiger partial charge in [0.05, 0.1) is 10.5 Å². The van der Waals surface area contributed by atoms with Crippen LogP contribution in [0.3, 0.4) is 0 Å². The predicted octanol–water partition coefficient (Wildman–Crippen LogP) is 2.54. The van der Waals surface area contributed by atoms with E-state index in [0.717, 1.165) is 24.3 Å². The Morgan fingerprint density at radius 1 is 1.07 bits per heavy atom. The van der Waals surface area contributed by atoms with Crippen LogP contribution in [0.15, 0.2) is 29.2 Å². The number of hydrogen-bond acceptors (Lipinski definition) is 5. The van der Waals surface area contributed by atoms with Crippen LogP contribution in [-0.2, 0) is 20.9 Å². The Labute approximate surface area is 168 Å². The van der Waals surface area contributed by atoms with Gasteiger partial charge in [0.2, 0.25) is 10.0 Å². The molecule has 1 fully saturated rings. The third-order valence-electron chi connectivity index (χ3n) is 4.24. The number of carbonyl (C=O) groups excluding carboxylic acids is 1. The number of hydrogen-bond donors (Lipinski definition) is 1. The van der Waals surface area contributed by atoms with Gasteiger partial charge in [-0.25, -0.2) is 17.9 Å². The van der Waals surface area contributed by atoms with Gasteiger partial charge < -0.3 is 9.64 Å². The molecule has 1 aromatic rings. The molecular weight excluding hydrogens is 411 g/mol. The van der Waals surface area contributed by atoms with E-state index >= 15 is 0 Å². The molecule has 1 aliphatic heterocycles. The van der Waals surface area contributed by atoms with Crippen molar-refractivity contribution < 1.29 is 31.1 Å². The Morgan fingerprint density at radius 2 is 1.62 bits per heavy atom. The summed E-state index contributed by atoms with van der Waals surface area (Å²) in [6.07, 6.45) is -4.89. The van der Waals surface area contributed by atoms with E-state index in [1.807, 2.05) is 4.90 Å². The molecule has 0 spiro atoms. The van der Waals surface area contributed by atoms with Crippen molar-refractivity contribution in [1.29, 1.82) is 0 Å². The van der Waals surface area contributed by atoms with Crippen molar-refractivity contribution in [2.24, 2.45) is 0 Å². The summed E-state index contributed by atoms with van der Waals surface area (Å²) in [6, 6.07) is 3.35. The van der Waals surface area contributed by atoms with Gasteiger partial charge in [0.15, 0.2) is 0 Å². The van der Waals surface area contributed by atoms with Crippen LogP contribution in [0.2, 0.25) is 0 Å². The van der Waals surface area contributed by atoms with E-state index in [-0.39, 0.29) is 17.5 Å². The van der Waals surface area contributed by atoms with E-state index in [4.69, 9.17) is 4.74 Å². The number of alkyl halides is 3. The van der Waals surface area contributed by atoms with Crippen molar-refractivity contribution in [3.63, 3.8) is 0 Å². The minimum Gasteiger partial charge on any atom is -0.444 e. The lowest BCUT2D eigenvalue weighted by Gasteiger charge is -2.35. The molecule has 1 aromatic carbocycles. The Bertz CT molecular complexity index is 797. The van der Waals surface area contributed by atoms with Crippen LogP contribution >= 0.6 is 0 Å². The summed E-state index contributed by atoms with van der Waals surface area (Å²) < 4.78 is 69.9. The second-order valence-corrected chi connectivity index (χ2v) is 9.50. The summed E-state index contributed by atoms with van der Waals surface area (Å²) in [4.78, 5) is 15.4. The molecule has 1 N–H and O–H groups in total. The summed E-state index contributed by atoms with van der Waals surface area (Å²) in [5, 5.41) is 0. The average molecular weight is 437 g/mol. The molecule has 1 aliphatic rings. The Kier molecular flexibility index (Phi) is 7.18. The number of piperazine rings is 1. The quantitative estimate of drug-likeness (QED) is 0.766. The fraction of sp³-hybridized carbons (Fsp3) is 0.611. The predicted molar refractivity (Wildman–Crippen MR) is 101 cm³/mol. The molecule has 11 heteroatoms. The van der Waals surface area contributed by atoms with Crippen molar-refractivity contribution in [1.82, 2.24) is 14.5 Å². The second-order valence-electron chi connectivity index (χ2n) is 7.73. The highest BCUT2D eigenvalue weighted by molar-refractivity contribution is 7.89. The molecule has 1 heterocycles. The fourth-order valence-corrected chi connectivity index (χ4v) is 3.75. The summed E-state index contributed by atoms with van der Waals surface area (Å²) in [7, 11) is -3.90. The van der Waals surface area contributed by atoms with Crippen LogP contribution in [-0.4, -0.2) is 69.2 Å². The van der Waals surface area contributed by atoms with Gasteiger partial charge in [-0.3, -0.25) is 4.90 Å². The number of sulfonamides is 1. The lowest BCUT2D eigenvalue weighted by atomic mass is 10.2. The van der Waals surface area contributed by atoms with E-state index in [0.29, 0.717) is 32.7 Å². The van der Waals surface area contributed by atoms with Crippen molar-refractivity contribution in [3.8, 4) is 0 Å². The van der Waals surface area contributed by atoms with Gasteiger partial charge in [0.1, 0.15) is 5.60 Å². The molecule has 0 aromatic heterocycles. The van der Waals surface area contributed by atoms with Crippen molar-refractivity contribution in [3.05, 3.63) is 29.8 Å². The van der Waals surface area contributed by atoms with Crippen molar-refractivity contribution in [2.45, 2.75) is 37.4 Å². The largest absolute Gasteiger partial charge is 0.444 e. The second kappa shape index (κ2) is 8.88. The summed E-state index contributed by atoms with van der Waals surface area (Å²) in [5.74, 6) is 0. The molecule has 1 amide bonds. The van der Waals surface area contributed by atoms with Crippen LogP contribution in [0, 0.1) is 0 Å². The minimum absolute atomic E-state index is 0.107. The lowest BCUT2D eigenvalue weighted by molar-refractivity contribution is -0.137. The molecular formula is C18H26F3N3O4S. The first kappa shape index (κ1) is 23.4. The molecule has 0 unspecified atom stereocenters. The highest BCUT2D eigenvalue weighted by Crippen LogP contribution is 2.29. The lowest BCUT2D eigenvalue weighted by Crippen LogP contribution is -2.51. The van der Waals surface area contributed by atoms with Gasteiger partial charge in [0.25, 0.3) is 0 Å². The van der Waals surface area contributed by atoms with Crippen LogP contribution in [0.25, 0.3) is 0 Å². The number of rotatable bonds is 5. The molecule has 0 radical (unpaired) electrons. The Hall–Kier alpha value is -1.85. The van der Waals surface area contributed by atoms with Gasteiger partial charge in [0, 0.05) is 39.3 Å². The van der Waals surface area contributed by atoms with Gasteiger partial charge in [-0.05, 0) is 45.0 Å². The van der Waals surface area contributed by atoms with Crippen molar-refractivity contribution in [2.75, 3.05) is 39.3 Å². The monoisotopic (exact) mass is 437 g/mol. The van der Waals surface area contributed by atoms with Crippen LogP contribution in [0.5, 0.6) is 0 Å². The number of halogens is 3. The zero-order valence-electron chi connectivity index (χ0n) is 16.6. The van der Waals surface area contributed by atoms with E-state index in [2.05, 4.69) is 4.72 Å². The highest BCUT2D eigenvalue weighted by Gasteiger charge is 2.31. The molecule has 0 aliphatic carbocycles. The maximum absolute atomic E-state index is 12.6. The minimum atomic E-state index is -4.52. The van der Waals surface area contributed by atoms with Gasteiger partial charge in [-0.2, -0.15) is 13.2 Å². The number of nitrogens with one attached hydrogen (secondary N) is 1. The van der Waals surface area contributed by atoms with Gasteiger partial charge in [-0.1, -0.05) is 0 Å². The molecule has 0 atom stereocenters. The maximum atomic E-state index is 12.6. The number of nitrogens with zero attached hydrogens (tertiary/aromatic N) is 2. The molecule has 164 valence electrons. The summed E-state index contributed by atoms with van der Waals surface area (Å²) >= 11 is 0. The van der Waals surface area contributed by atoms with E-state index in [9.17, 15) is 26.4 Å². The standard InChI is InChI=1S/C18H26F3N3O4S/c1-17(2,3)28-16(25)24-12-10-23(11-13-24)9-8-22-29(26,27)15-6-4-14(5-7-15)18(19,20)21/h4-7,22H,8-13H2,1-3H3. The van der Waals surface area contributed by atoms with Crippen LogP contribution < -0.4 is 4.72 Å². The zero-order valence-corrected chi connectivity index (χ0v) is 17.4. The first-order valence-electron chi connectivity index (χ1n) is 9.15. The molecule has 0 bridgehead atoms. The molecule has 2 rings (SSSR count). The third kappa shape index (κ3) is 7.16. The van der Waals surface area contributed by atoms with Crippen LogP contribution in [0.1, 0.15) is 26.3 Å². The molecule has 0 saturated carbocycles. The number of ether oxygens (including phenoxy) is 1.